The molecule has 3 aromatic rings. The number of aryl methyl sites for hydroxylation is 3. The van der Waals surface area contributed by atoms with Gasteiger partial charge in [0, 0.05) is 11.1 Å². The van der Waals surface area contributed by atoms with Gasteiger partial charge in [0.1, 0.15) is 4.83 Å². The first-order valence-corrected chi connectivity index (χ1v) is 10.2. The summed E-state index contributed by atoms with van der Waals surface area (Å²) in [5.41, 5.74) is 3.28. The minimum atomic E-state index is -1.17. The summed E-state index contributed by atoms with van der Waals surface area (Å²) < 4.78 is 0. The number of aromatic nitrogens is 2. The maximum Gasteiger partial charge on any atom is 0.337 e. The molecule has 3 rings (SSSR count). The lowest BCUT2D eigenvalue weighted by molar-refractivity contribution is -0.115. The fraction of sp³-hybridized carbons (Fsp3) is 0.263. The number of thioether (sulfide) groups is 1. The van der Waals surface area contributed by atoms with Gasteiger partial charge in [-0.2, -0.15) is 0 Å². The Morgan fingerprint density at radius 1 is 1.25 bits per heavy atom. The molecule has 1 amide bonds. The molecule has 1 unspecified atom stereocenters. The second kappa shape index (κ2) is 7.76. The summed E-state index contributed by atoms with van der Waals surface area (Å²) in [6.07, 6.45) is 0. The number of H-pyrrole nitrogens is 1. The predicted octanol–water partition coefficient (Wildman–Crippen LogP) is 3.73. The number of fused-ring (bicyclic) bond motifs is 1. The molecule has 0 aliphatic rings. The van der Waals surface area contributed by atoms with Crippen molar-refractivity contribution in [1.82, 2.24) is 9.97 Å². The van der Waals surface area contributed by atoms with Gasteiger partial charge in [0.05, 0.1) is 16.2 Å². The molecule has 0 bridgehead atoms. The van der Waals surface area contributed by atoms with E-state index in [4.69, 9.17) is 5.11 Å². The summed E-state index contributed by atoms with van der Waals surface area (Å²) in [5.74, 6) is -1.38. The van der Waals surface area contributed by atoms with E-state index in [9.17, 15) is 14.4 Å². The van der Waals surface area contributed by atoms with E-state index in [0.717, 1.165) is 45.5 Å². The number of amides is 1. The fourth-order valence-corrected chi connectivity index (χ4v) is 4.73. The Morgan fingerprint density at radius 3 is 2.50 bits per heavy atom. The van der Waals surface area contributed by atoms with Crippen molar-refractivity contribution >= 4 is 50.9 Å². The van der Waals surface area contributed by atoms with Crippen LogP contribution in [0.15, 0.2) is 27.5 Å². The number of nitrogens with one attached hydrogen (secondary N) is 2. The van der Waals surface area contributed by atoms with E-state index in [1.54, 1.807) is 6.92 Å². The Morgan fingerprint density at radius 2 is 1.89 bits per heavy atom. The van der Waals surface area contributed by atoms with Crippen LogP contribution in [0.25, 0.3) is 10.2 Å². The third kappa shape index (κ3) is 3.95. The van der Waals surface area contributed by atoms with Gasteiger partial charge in [-0.1, -0.05) is 29.5 Å². The monoisotopic (exact) mass is 417 g/mol. The average molecular weight is 418 g/mol. The zero-order valence-corrected chi connectivity index (χ0v) is 17.4. The van der Waals surface area contributed by atoms with Crippen molar-refractivity contribution in [1.29, 1.82) is 0 Å². The summed E-state index contributed by atoms with van der Waals surface area (Å²) >= 11 is 2.20. The molecule has 0 aliphatic carbocycles. The Hall–Kier alpha value is -2.65. The van der Waals surface area contributed by atoms with Crippen molar-refractivity contribution in [2.24, 2.45) is 0 Å². The van der Waals surface area contributed by atoms with Crippen molar-refractivity contribution in [2.45, 2.75) is 38.1 Å². The molecule has 1 aromatic carbocycles. The summed E-state index contributed by atoms with van der Waals surface area (Å²) in [7, 11) is 0. The number of benzene rings is 1. The fourth-order valence-electron chi connectivity index (χ4n) is 2.97. The predicted molar refractivity (Wildman–Crippen MR) is 112 cm³/mol. The highest BCUT2D eigenvalue weighted by atomic mass is 32.2. The third-order valence-corrected chi connectivity index (χ3v) is 6.09. The summed E-state index contributed by atoms with van der Waals surface area (Å²) in [4.78, 5) is 43.3. The lowest BCUT2D eigenvalue weighted by Crippen LogP contribution is -2.24. The van der Waals surface area contributed by atoms with Gasteiger partial charge in [0.15, 0.2) is 5.16 Å². The SMILES string of the molecule is Cc1cc(C)c(NC(=O)C(C)Sc2nc3scc(C(=O)O)c3c(=O)[nH]2)c(C)c1. The number of hydrogen-bond donors (Lipinski definition) is 3. The first-order valence-electron chi connectivity index (χ1n) is 8.47. The number of hydrogen-bond acceptors (Lipinski definition) is 6. The number of carbonyl (C=O) groups is 2. The van der Waals surface area contributed by atoms with E-state index in [-0.39, 0.29) is 22.0 Å². The minimum Gasteiger partial charge on any atom is -0.478 e. The van der Waals surface area contributed by atoms with E-state index in [0.29, 0.717) is 4.83 Å². The van der Waals surface area contributed by atoms with Gasteiger partial charge < -0.3 is 15.4 Å². The Kier molecular flexibility index (Phi) is 5.57. The topological polar surface area (TPSA) is 112 Å². The second-order valence-electron chi connectivity index (χ2n) is 6.53. The van der Waals surface area contributed by atoms with Crippen LogP contribution in [-0.2, 0) is 4.79 Å². The van der Waals surface area contributed by atoms with Crippen molar-refractivity contribution < 1.29 is 14.7 Å². The van der Waals surface area contributed by atoms with Crippen LogP contribution in [0.3, 0.4) is 0 Å². The summed E-state index contributed by atoms with van der Waals surface area (Å²) in [6, 6.07) is 4.01. The molecule has 146 valence electrons. The summed E-state index contributed by atoms with van der Waals surface area (Å²) in [6.45, 7) is 7.61. The molecule has 0 aliphatic heterocycles. The van der Waals surface area contributed by atoms with Crippen molar-refractivity contribution in [3.8, 4) is 0 Å². The van der Waals surface area contributed by atoms with Crippen molar-refractivity contribution in [3.05, 3.63) is 50.1 Å². The molecule has 0 saturated heterocycles. The largest absolute Gasteiger partial charge is 0.478 e. The van der Waals surface area contributed by atoms with Gasteiger partial charge >= 0.3 is 5.97 Å². The smallest absolute Gasteiger partial charge is 0.337 e. The molecule has 0 spiro atoms. The van der Waals surface area contributed by atoms with Crippen molar-refractivity contribution in [3.63, 3.8) is 0 Å². The van der Waals surface area contributed by atoms with Crippen LogP contribution in [-0.4, -0.2) is 32.2 Å². The first-order chi connectivity index (χ1) is 13.2. The third-order valence-electron chi connectivity index (χ3n) is 4.24. The molecule has 2 heterocycles. The average Bonchev–Trinajstić information content (AvgIpc) is 3.02. The van der Waals surface area contributed by atoms with Crippen LogP contribution >= 0.6 is 23.1 Å². The molecule has 0 radical (unpaired) electrons. The highest BCUT2D eigenvalue weighted by molar-refractivity contribution is 8.00. The van der Waals surface area contributed by atoms with Crippen LogP contribution < -0.4 is 10.9 Å². The van der Waals surface area contributed by atoms with Gasteiger partial charge in [-0.3, -0.25) is 9.59 Å². The molecule has 3 N–H and O–H groups in total. The lowest BCUT2D eigenvalue weighted by atomic mass is 10.1. The van der Waals surface area contributed by atoms with Gasteiger partial charge in [-0.15, -0.1) is 11.3 Å². The van der Waals surface area contributed by atoms with E-state index in [1.807, 2.05) is 32.9 Å². The number of carboxylic acids is 1. The molecular weight excluding hydrogens is 398 g/mol. The zero-order chi connectivity index (χ0) is 20.6. The van der Waals surface area contributed by atoms with E-state index in [2.05, 4.69) is 15.3 Å². The molecule has 1 atom stereocenters. The maximum absolute atomic E-state index is 12.6. The van der Waals surface area contributed by atoms with Crippen LogP contribution in [0.4, 0.5) is 5.69 Å². The molecule has 28 heavy (non-hydrogen) atoms. The highest BCUT2D eigenvalue weighted by Gasteiger charge is 2.20. The second-order valence-corrected chi connectivity index (χ2v) is 8.72. The number of carbonyl (C=O) groups excluding carboxylic acids is 1. The van der Waals surface area contributed by atoms with Gasteiger partial charge in [-0.25, -0.2) is 9.78 Å². The Labute approximate surface area is 169 Å². The minimum absolute atomic E-state index is 0.0601. The Balaban J connectivity index is 1.81. The van der Waals surface area contributed by atoms with Crippen LogP contribution in [0.5, 0.6) is 0 Å². The molecule has 0 fully saturated rings. The molecule has 2 aromatic heterocycles. The zero-order valence-electron chi connectivity index (χ0n) is 15.7. The quantitative estimate of drug-likeness (QED) is 0.431. The number of carboxylic acid groups (broad SMARTS) is 1. The number of aromatic carboxylic acids is 1. The van der Waals surface area contributed by atoms with Gasteiger partial charge in [-0.05, 0) is 38.8 Å². The van der Waals surface area contributed by atoms with Gasteiger partial charge in [0.25, 0.3) is 5.56 Å². The van der Waals surface area contributed by atoms with Crippen molar-refractivity contribution in [2.75, 3.05) is 5.32 Å². The van der Waals surface area contributed by atoms with Crippen LogP contribution in [0.1, 0.15) is 34.0 Å². The first kappa shape index (κ1) is 20.1. The Bertz CT molecular complexity index is 1130. The van der Waals surface area contributed by atoms with Gasteiger partial charge in [0.2, 0.25) is 5.91 Å². The highest BCUT2D eigenvalue weighted by Crippen LogP contribution is 2.27. The normalized spacial score (nSPS) is 12.1. The van der Waals surface area contributed by atoms with E-state index in [1.165, 1.54) is 5.38 Å². The number of aromatic amines is 1. The molecule has 9 heteroatoms. The van der Waals surface area contributed by atoms with Crippen LogP contribution in [0.2, 0.25) is 0 Å². The molecule has 0 saturated carbocycles. The molecule has 7 nitrogen and oxygen atoms in total. The molecular formula is C19H19N3O4S2. The standard InChI is InChI=1S/C19H19N3O4S2/c1-8-5-9(2)14(10(3)6-8)20-15(23)11(4)28-19-21-16(24)13-12(18(25)26)7-27-17(13)22-19/h5-7,11H,1-4H3,(H,20,23)(H,25,26)(H,21,22,24). The number of nitrogens with zero attached hydrogens (tertiary/aromatic N) is 1. The number of anilines is 1. The maximum atomic E-state index is 12.6. The van der Waals surface area contributed by atoms with Crippen LogP contribution in [0, 0.1) is 20.8 Å². The number of thiophene rings is 1. The van der Waals surface area contributed by atoms with E-state index < -0.39 is 16.8 Å². The summed E-state index contributed by atoms with van der Waals surface area (Å²) in [5, 5.41) is 13.3. The lowest BCUT2D eigenvalue weighted by Gasteiger charge is -2.15. The number of rotatable bonds is 5. The van der Waals surface area contributed by atoms with E-state index >= 15 is 0 Å².